The zero-order valence-corrected chi connectivity index (χ0v) is 21.1. The Morgan fingerprint density at radius 2 is 1.92 bits per heavy atom. The molecular formula is C27H25FN4O4S. The number of H-pyrrole nitrogens is 1. The first-order chi connectivity index (χ1) is 18.0. The molecule has 37 heavy (non-hydrogen) atoms. The summed E-state index contributed by atoms with van der Waals surface area (Å²) in [7, 11) is 3.11. The Balaban J connectivity index is 1.32. The van der Waals surface area contributed by atoms with Gasteiger partial charge in [0.25, 0.3) is 0 Å². The maximum atomic E-state index is 13.6. The lowest BCUT2D eigenvalue weighted by Gasteiger charge is -2.17. The van der Waals surface area contributed by atoms with Crippen LogP contribution in [0.3, 0.4) is 0 Å². The number of rotatable bonds is 8. The fourth-order valence-electron chi connectivity index (χ4n) is 4.46. The Morgan fingerprint density at radius 1 is 1.14 bits per heavy atom. The van der Waals surface area contributed by atoms with Gasteiger partial charge in [0.1, 0.15) is 0 Å². The SMILES string of the molecule is COc1ccc(C2CCN(CC(=O)Nc3nc(-c4ccc(F)s4)[nH]c3-c3ccccc3)C2=O)cc1OC. The van der Waals surface area contributed by atoms with Crippen molar-refractivity contribution < 1.29 is 23.5 Å². The third kappa shape index (κ3) is 5.05. The topological polar surface area (TPSA) is 96.5 Å². The van der Waals surface area contributed by atoms with Crippen LogP contribution in [-0.2, 0) is 9.59 Å². The van der Waals surface area contributed by atoms with Crippen molar-refractivity contribution in [3.63, 3.8) is 0 Å². The summed E-state index contributed by atoms with van der Waals surface area (Å²) in [5, 5.41) is 2.52. The summed E-state index contributed by atoms with van der Waals surface area (Å²) in [6.07, 6.45) is 0.591. The number of halogens is 1. The molecule has 1 fully saturated rings. The van der Waals surface area contributed by atoms with Gasteiger partial charge in [-0.25, -0.2) is 4.98 Å². The van der Waals surface area contributed by atoms with Gasteiger partial charge < -0.3 is 24.7 Å². The highest BCUT2D eigenvalue weighted by Crippen LogP contribution is 2.36. The van der Waals surface area contributed by atoms with E-state index in [2.05, 4.69) is 15.3 Å². The van der Waals surface area contributed by atoms with Gasteiger partial charge in [-0.2, -0.15) is 4.39 Å². The minimum atomic E-state index is -0.367. The molecule has 0 bridgehead atoms. The number of ether oxygens (including phenoxy) is 2. The normalized spacial score (nSPS) is 15.2. The van der Waals surface area contributed by atoms with Crippen molar-refractivity contribution in [2.45, 2.75) is 12.3 Å². The van der Waals surface area contributed by atoms with E-state index < -0.39 is 0 Å². The second kappa shape index (κ2) is 10.4. The molecule has 1 aliphatic rings. The Labute approximate surface area is 217 Å². The van der Waals surface area contributed by atoms with E-state index in [4.69, 9.17) is 9.47 Å². The monoisotopic (exact) mass is 520 g/mol. The van der Waals surface area contributed by atoms with E-state index in [1.54, 1.807) is 37.3 Å². The lowest BCUT2D eigenvalue weighted by atomic mass is 9.97. The second-order valence-corrected chi connectivity index (χ2v) is 9.58. The number of carbonyl (C=O) groups is 2. The molecule has 1 aliphatic heterocycles. The van der Waals surface area contributed by atoms with Gasteiger partial charge in [-0.15, -0.1) is 11.3 Å². The number of aromatic amines is 1. The summed E-state index contributed by atoms with van der Waals surface area (Å²) in [5.41, 5.74) is 2.24. The summed E-state index contributed by atoms with van der Waals surface area (Å²) in [6, 6.07) is 17.9. The van der Waals surface area contributed by atoms with Gasteiger partial charge in [0.05, 0.1) is 37.3 Å². The first kappa shape index (κ1) is 24.5. The van der Waals surface area contributed by atoms with Crippen molar-refractivity contribution in [2.24, 2.45) is 0 Å². The van der Waals surface area contributed by atoms with Crippen LogP contribution in [0.1, 0.15) is 17.9 Å². The maximum Gasteiger partial charge on any atom is 0.245 e. The van der Waals surface area contributed by atoms with Crippen LogP contribution in [-0.4, -0.2) is 54.0 Å². The molecule has 1 unspecified atom stereocenters. The third-order valence-corrected chi connectivity index (χ3v) is 7.15. The fraction of sp³-hybridized carbons (Fsp3) is 0.222. The Kier molecular flexibility index (Phi) is 6.91. The van der Waals surface area contributed by atoms with E-state index in [0.29, 0.717) is 46.7 Å². The number of nitrogens with zero attached hydrogens (tertiary/aromatic N) is 2. The molecule has 3 heterocycles. The van der Waals surface area contributed by atoms with Crippen LogP contribution < -0.4 is 14.8 Å². The molecule has 4 aromatic rings. The molecule has 2 amide bonds. The number of amides is 2. The van der Waals surface area contributed by atoms with Crippen LogP contribution in [0.4, 0.5) is 10.2 Å². The highest BCUT2D eigenvalue weighted by Gasteiger charge is 2.34. The third-order valence-electron chi connectivity index (χ3n) is 6.27. The smallest absolute Gasteiger partial charge is 0.245 e. The highest BCUT2D eigenvalue weighted by molar-refractivity contribution is 7.13. The summed E-state index contributed by atoms with van der Waals surface area (Å²) in [4.78, 5) is 36.1. The van der Waals surface area contributed by atoms with Gasteiger partial charge >= 0.3 is 0 Å². The summed E-state index contributed by atoms with van der Waals surface area (Å²) < 4.78 is 24.3. The van der Waals surface area contributed by atoms with Crippen LogP contribution >= 0.6 is 11.3 Å². The summed E-state index contributed by atoms with van der Waals surface area (Å²) in [6.45, 7) is 0.351. The van der Waals surface area contributed by atoms with Crippen molar-refractivity contribution >= 4 is 29.0 Å². The molecule has 10 heteroatoms. The summed E-state index contributed by atoms with van der Waals surface area (Å²) in [5.74, 6) is 1.06. The number of imidazole rings is 1. The number of anilines is 1. The van der Waals surface area contributed by atoms with Gasteiger partial charge in [0.15, 0.2) is 28.3 Å². The van der Waals surface area contributed by atoms with Crippen LogP contribution in [0.2, 0.25) is 0 Å². The average Bonchev–Trinajstić information content (AvgIpc) is 3.63. The zero-order valence-electron chi connectivity index (χ0n) is 20.3. The van der Waals surface area contributed by atoms with Gasteiger partial charge in [-0.3, -0.25) is 9.59 Å². The number of methoxy groups -OCH3 is 2. The van der Waals surface area contributed by atoms with Crippen molar-refractivity contribution in [3.8, 4) is 33.5 Å². The maximum absolute atomic E-state index is 13.6. The molecule has 5 rings (SSSR count). The predicted molar refractivity (Wildman–Crippen MR) is 139 cm³/mol. The van der Waals surface area contributed by atoms with Crippen molar-refractivity contribution in [1.29, 1.82) is 0 Å². The predicted octanol–water partition coefficient (Wildman–Crippen LogP) is 4.92. The number of thiophene rings is 1. The molecule has 8 nitrogen and oxygen atoms in total. The molecule has 1 atom stereocenters. The number of aromatic nitrogens is 2. The van der Waals surface area contributed by atoms with Crippen molar-refractivity contribution in [1.82, 2.24) is 14.9 Å². The van der Waals surface area contributed by atoms with E-state index >= 15 is 0 Å². The lowest BCUT2D eigenvalue weighted by Crippen LogP contribution is -2.35. The largest absolute Gasteiger partial charge is 0.493 e. The van der Waals surface area contributed by atoms with Crippen LogP contribution in [0.25, 0.3) is 22.0 Å². The minimum absolute atomic E-state index is 0.104. The van der Waals surface area contributed by atoms with E-state index in [1.807, 2.05) is 36.4 Å². The van der Waals surface area contributed by atoms with Crippen LogP contribution in [0.5, 0.6) is 11.5 Å². The Bertz CT molecular complexity index is 1440. The van der Waals surface area contributed by atoms with E-state index in [0.717, 1.165) is 22.5 Å². The lowest BCUT2D eigenvalue weighted by molar-refractivity contribution is -0.132. The number of likely N-dealkylation sites (tertiary alicyclic amines) is 1. The molecular weight excluding hydrogens is 495 g/mol. The van der Waals surface area contributed by atoms with E-state index in [9.17, 15) is 14.0 Å². The molecule has 1 saturated heterocycles. The second-order valence-electron chi connectivity index (χ2n) is 8.54. The molecule has 2 N–H and O–H groups in total. The molecule has 0 spiro atoms. The highest BCUT2D eigenvalue weighted by atomic mass is 32.1. The molecule has 2 aromatic heterocycles. The van der Waals surface area contributed by atoms with E-state index in [1.165, 1.54) is 6.07 Å². The standard InChI is InChI=1S/C27H25FN4O4S/c1-35-19-9-8-17(14-20(19)36-2)18-12-13-32(27(18)34)15-23(33)29-26-24(16-6-4-3-5-7-16)30-25(31-26)21-10-11-22(28)37-21/h3-11,14,18H,12-13,15H2,1-2H3,(H,29,33)(H,30,31). The number of carbonyl (C=O) groups excluding carboxylic acids is 2. The molecule has 190 valence electrons. The quantitative estimate of drug-likeness (QED) is 0.344. The summed E-state index contributed by atoms with van der Waals surface area (Å²) >= 11 is 0.964. The minimum Gasteiger partial charge on any atom is -0.493 e. The molecule has 0 aliphatic carbocycles. The number of benzene rings is 2. The fourth-order valence-corrected chi connectivity index (χ4v) is 5.13. The van der Waals surface area contributed by atoms with Crippen molar-refractivity contribution in [2.75, 3.05) is 32.6 Å². The Hall–Kier alpha value is -4.18. The van der Waals surface area contributed by atoms with Gasteiger partial charge in [-0.1, -0.05) is 36.4 Å². The zero-order chi connectivity index (χ0) is 25.9. The van der Waals surface area contributed by atoms with Crippen LogP contribution in [0.15, 0.2) is 60.7 Å². The molecule has 0 radical (unpaired) electrons. The Morgan fingerprint density at radius 3 is 2.62 bits per heavy atom. The first-order valence-electron chi connectivity index (χ1n) is 11.7. The van der Waals surface area contributed by atoms with Gasteiger partial charge in [-0.05, 0) is 36.2 Å². The first-order valence-corrected chi connectivity index (χ1v) is 12.5. The molecule has 0 saturated carbocycles. The molecule has 2 aromatic carbocycles. The van der Waals surface area contributed by atoms with Gasteiger partial charge in [0.2, 0.25) is 11.8 Å². The van der Waals surface area contributed by atoms with Gasteiger partial charge in [0, 0.05) is 12.1 Å². The number of hydrogen-bond acceptors (Lipinski definition) is 6. The van der Waals surface area contributed by atoms with E-state index in [-0.39, 0.29) is 29.4 Å². The average molecular weight is 521 g/mol. The van der Waals surface area contributed by atoms with Crippen molar-refractivity contribution in [3.05, 3.63) is 71.4 Å². The number of nitrogens with one attached hydrogen (secondary N) is 2. The van der Waals surface area contributed by atoms with Crippen LogP contribution in [0, 0.1) is 5.13 Å². The number of hydrogen-bond donors (Lipinski definition) is 2.